The summed E-state index contributed by atoms with van der Waals surface area (Å²) in [5.74, 6) is 0.0203. The summed E-state index contributed by atoms with van der Waals surface area (Å²) in [4.78, 5) is 15.3. The van der Waals surface area contributed by atoms with E-state index in [0.29, 0.717) is 5.75 Å². The molecule has 0 aliphatic carbocycles. The quantitative estimate of drug-likeness (QED) is 0.802. The number of hydrogen-bond acceptors (Lipinski definition) is 5. The van der Waals surface area contributed by atoms with Gasteiger partial charge in [-0.05, 0) is 47.5 Å². The maximum absolute atomic E-state index is 11.4. The van der Waals surface area contributed by atoms with Gasteiger partial charge in [0, 0.05) is 0 Å². The summed E-state index contributed by atoms with van der Waals surface area (Å²) < 4.78 is 16.1. The molecule has 0 atom stereocenters. The highest BCUT2D eigenvalue weighted by atomic mass is 79.9. The number of carbonyl (C=O) groups is 1. The predicted molar refractivity (Wildman–Crippen MR) is 71.4 cm³/mol. The number of hydrogen-bond donors (Lipinski definition) is 0. The van der Waals surface area contributed by atoms with Crippen LogP contribution in [0.2, 0.25) is 0 Å². The molecule has 1 aromatic carbocycles. The van der Waals surface area contributed by atoms with E-state index in [2.05, 4.69) is 20.9 Å². The molecule has 0 saturated heterocycles. The average Bonchev–Trinajstić information content (AvgIpc) is 2.82. The van der Waals surface area contributed by atoms with E-state index in [0.717, 1.165) is 10.0 Å². The largest absolute Gasteiger partial charge is 0.461 e. The minimum atomic E-state index is -0.538. The first-order valence-corrected chi connectivity index (χ1v) is 6.46. The third-order valence-corrected chi connectivity index (χ3v) is 2.87. The van der Waals surface area contributed by atoms with Gasteiger partial charge in [-0.1, -0.05) is 6.07 Å². The zero-order valence-electron chi connectivity index (χ0n) is 10.5. The Morgan fingerprint density at radius 3 is 2.95 bits per heavy atom. The zero-order valence-corrected chi connectivity index (χ0v) is 12.1. The second-order valence-corrected chi connectivity index (χ2v) is 4.61. The Morgan fingerprint density at radius 2 is 2.26 bits per heavy atom. The van der Waals surface area contributed by atoms with Crippen molar-refractivity contribution in [2.24, 2.45) is 0 Å². The first-order chi connectivity index (χ1) is 9.10. The summed E-state index contributed by atoms with van der Waals surface area (Å²) >= 11 is 3.38. The molecule has 0 bridgehead atoms. The van der Waals surface area contributed by atoms with Crippen LogP contribution in [0.5, 0.6) is 11.8 Å². The van der Waals surface area contributed by atoms with Gasteiger partial charge in [0.15, 0.2) is 5.69 Å². The summed E-state index contributed by atoms with van der Waals surface area (Å²) in [5.41, 5.74) is 1.18. The molecule has 2 aromatic rings. The molecule has 0 radical (unpaired) electrons. The normalized spacial score (nSPS) is 10.3. The summed E-state index contributed by atoms with van der Waals surface area (Å²) in [6.45, 7) is 3.97. The molecule has 1 aromatic heterocycles. The average molecular weight is 326 g/mol. The first kappa shape index (κ1) is 13.6. The Kier molecular flexibility index (Phi) is 4.21. The fourth-order valence-electron chi connectivity index (χ4n) is 1.39. The van der Waals surface area contributed by atoms with Gasteiger partial charge < -0.3 is 13.9 Å². The summed E-state index contributed by atoms with van der Waals surface area (Å²) in [5, 5.41) is 0. The lowest BCUT2D eigenvalue weighted by atomic mass is 10.2. The van der Waals surface area contributed by atoms with Crippen molar-refractivity contribution in [3.05, 3.63) is 40.2 Å². The molecule has 0 aliphatic heterocycles. The number of esters is 1. The molecule has 100 valence electrons. The first-order valence-electron chi connectivity index (χ1n) is 5.67. The van der Waals surface area contributed by atoms with E-state index in [1.807, 2.05) is 19.1 Å². The van der Waals surface area contributed by atoms with Gasteiger partial charge in [0.25, 0.3) is 0 Å². The van der Waals surface area contributed by atoms with Crippen molar-refractivity contribution in [2.75, 3.05) is 6.61 Å². The second-order valence-electron chi connectivity index (χ2n) is 3.76. The third kappa shape index (κ3) is 3.35. The Balaban J connectivity index is 2.13. The van der Waals surface area contributed by atoms with Gasteiger partial charge in [0.2, 0.25) is 0 Å². The van der Waals surface area contributed by atoms with Gasteiger partial charge in [0.05, 0.1) is 11.1 Å². The van der Waals surface area contributed by atoms with E-state index in [4.69, 9.17) is 13.9 Å². The predicted octanol–water partition coefficient (Wildman–Crippen LogP) is 3.71. The van der Waals surface area contributed by atoms with Crippen molar-refractivity contribution in [1.29, 1.82) is 0 Å². The topological polar surface area (TPSA) is 61.6 Å². The van der Waals surface area contributed by atoms with Crippen LogP contribution in [0, 0.1) is 6.92 Å². The van der Waals surface area contributed by atoms with Crippen molar-refractivity contribution in [1.82, 2.24) is 4.98 Å². The van der Waals surface area contributed by atoms with Crippen LogP contribution in [0.25, 0.3) is 0 Å². The van der Waals surface area contributed by atoms with Crippen LogP contribution in [0.1, 0.15) is 23.0 Å². The van der Waals surface area contributed by atoms with Gasteiger partial charge in [-0.25, -0.2) is 4.79 Å². The lowest BCUT2D eigenvalue weighted by Crippen LogP contribution is -2.04. The molecule has 0 N–H and O–H groups in total. The van der Waals surface area contributed by atoms with Crippen molar-refractivity contribution < 1.29 is 18.7 Å². The number of aromatic nitrogens is 1. The van der Waals surface area contributed by atoms with Gasteiger partial charge in [-0.2, -0.15) is 4.98 Å². The molecule has 0 amide bonds. The van der Waals surface area contributed by atoms with Gasteiger partial charge in [0.1, 0.15) is 12.0 Å². The van der Waals surface area contributed by atoms with Crippen LogP contribution >= 0.6 is 15.9 Å². The van der Waals surface area contributed by atoms with Crippen LogP contribution < -0.4 is 4.74 Å². The van der Waals surface area contributed by atoms with E-state index in [1.54, 1.807) is 13.0 Å². The molecule has 19 heavy (non-hydrogen) atoms. The molecular weight excluding hydrogens is 314 g/mol. The standard InChI is InChI=1S/C13H12BrNO4/c1-3-17-12(16)10-7-18-13(15-10)19-11-5-4-8(2)6-9(11)14/h4-7H,3H2,1-2H3. The molecule has 2 rings (SSSR count). The molecule has 1 heterocycles. The van der Waals surface area contributed by atoms with Gasteiger partial charge in [-0.15, -0.1) is 0 Å². The maximum atomic E-state index is 11.4. The van der Waals surface area contributed by atoms with E-state index in [1.165, 1.54) is 6.26 Å². The lowest BCUT2D eigenvalue weighted by molar-refractivity contribution is 0.0519. The minimum Gasteiger partial charge on any atom is -0.461 e. The number of benzene rings is 1. The molecule has 0 spiro atoms. The zero-order chi connectivity index (χ0) is 13.8. The highest BCUT2D eigenvalue weighted by molar-refractivity contribution is 9.10. The molecular formula is C13H12BrNO4. The summed E-state index contributed by atoms with van der Waals surface area (Å²) in [7, 11) is 0. The molecule has 6 heteroatoms. The van der Waals surface area contributed by atoms with E-state index >= 15 is 0 Å². The number of ether oxygens (including phenoxy) is 2. The molecule has 0 unspecified atom stereocenters. The lowest BCUT2D eigenvalue weighted by Gasteiger charge is -2.03. The highest BCUT2D eigenvalue weighted by Crippen LogP contribution is 2.29. The van der Waals surface area contributed by atoms with Crippen molar-refractivity contribution in [2.45, 2.75) is 13.8 Å². The van der Waals surface area contributed by atoms with Gasteiger partial charge in [-0.3, -0.25) is 0 Å². The van der Waals surface area contributed by atoms with Crippen LogP contribution in [0.3, 0.4) is 0 Å². The van der Waals surface area contributed by atoms with E-state index < -0.39 is 5.97 Å². The Hall–Kier alpha value is -1.82. The molecule has 0 saturated carbocycles. The third-order valence-electron chi connectivity index (χ3n) is 2.25. The monoisotopic (exact) mass is 325 g/mol. The summed E-state index contributed by atoms with van der Waals surface area (Å²) in [6, 6.07) is 5.59. The Morgan fingerprint density at radius 1 is 1.47 bits per heavy atom. The van der Waals surface area contributed by atoms with Crippen LogP contribution in [0.4, 0.5) is 0 Å². The van der Waals surface area contributed by atoms with Crippen molar-refractivity contribution in [3.8, 4) is 11.8 Å². The number of oxazole rings is 1. The molecule has 0 aliphatic rings. The number of aryl methyl sites for hydroxylation is 1. The highest BCUT2D eigenvalue weighted by Gasteiger charge is 2.15. The minimum absolute atomic E-state index is 0.00685. The molecule has 5 nitrogen and oxygen atoms in total. The Bertz CT molecular complexity index is 594. The van der Waals surface area contributed by atoms with E-state index in [9.17, 15) is 4.79 Å². The van der Waals surface area contributed by atoms with Crippen molar-refractivity contribution in [3.63, 3.8) is 0 Å². The van der Waals surface area contributed by atoms with Gasteiger partial charge >= 0.3 is 12.0 Å². The fraction of sp³-hybridized carbons (Fsp3) is 0.231. The van der Waals surface area contributed by atoms with Crippen LogP contribution in [-0.2, 0) is 4.74 Å². The number of halogens is 1. The smallest absolute Gasteiger partial charge is 0.399 e. The summed E-state index contributed by atoms with van der Waals surface area (Å²) in [6.07, 6.45) is 1.20. The maximum Gasteiger partial charge on any atom is 0.399 e. The van der Waals surface area contributed by atoms with Crippen LogP contribution in [-0.4, -0.2) is 17.6 Å². The number of nitrogens with zero attached hydrogens (tertiary/aromatic N) is 1. The fourth-order valence-corrected chi connectivity index (χ4v) is 1.96. The SMILES string of the molecule is CCOC(=O)c1coc(Oc2ccc(C)cc2Br)n1. The van der Waals surface area contributed by atoms with E-state index in [-0.39, 0.29) is 18.4 Å². The van der Waals surface area contributed by atoms with Crippen molar-refractivity contribution >= 4 is 21.9 Å². The second kappa shape index (κ2) is 5.88. The number of rotatable bonds is 4. The number of carbonyl (C=O) groups excluding carboxylic acids is 1. The van der Waals surface area contributed by atoms with Crippen LogP contribution in [0.15, 0.2) is 33.4 Å². The molecule has 0 fully saturated rings. The Labute approximate surface area is 118 Å².